The summed E-state index contributed by atoms with van der Waals surface area (Å²) in [6.45, 7) is 2.38. The number of rotatable bonds is 6. The van der Waals surface area contributed by atoms with Crippen molar-refractivity contribution in [3.8, 4) is 5.82 Å². The number of pyridine rings is 1. The highest BCUT2D eigenvalue weighted by molar-refractivity contribution is 5.78. The molecule has 0 unspecified atom stereocenters. The van der Waals surface area contributed by atoms with Crippen LogP contribution in [0.15, 0.2) is 67.4 Å². The van der Waals surface area contributed by atoms with E-state index in [-0.39, 0.29) is 11.9 Å². The predicted octanol–water partition coefficient (Wildman–Crippen LogP) is 2.88. The summed E-state index contributed by atoms with van der Waals surface area (Å²) in [6, 6.07) is 13.6. The van der Waals surface area contributed by atoms with Gasteiger partial charge in [-0.15, -0.1) is 0 Å². The molecule has 0 aliphatic rings. The first-order valence-corrected chi connectivity index (χ1v) is 8.84. The Bertz CT molecular complexity index is 1050. The molecule has 136 valence electrons. The van der Waals surface area contributed by atoms with E-state index in [0.717, 1.165) is 22.4 Å². The van der Waals surface area contributed by atoms with Gasteiger partial charge in [0.25, 0.3) is 0 Å². The van der Waals surface area contributed by atoms with E-state index >= 15 is 0 Å². The Labute approximate surface area is 156 Å². The summed E-state index contributed by atoms with van der Waals surface area (Å²) in [4.78, 5) is 21.3. The number of para-hydroxylation sites is 2. The average molecular weight is 360 g/mol. The van der Waals surface area contributed by atoms with Crippen molar-refractivity contribution >= 4 is 16.9 Å². The molecule has 1 atom stereocenters. The molecule has 0 fully saturated rings. The number of aromatic nitrogens is 5. The van der Waals surface area contributed by atoms with Gasteiger partial charge in [0.1, 0.15) is 12.1 Å². The van der Waals surface area contributed by atoms with Crippen LogP contribution in [0.5, 0.6) is 0 Å². The minimum absolute atomic E-state index is 0.00552. The predicted molar refractivity (Wildman–Crippen MR) is 102 cm³/mol. The molecule has 3 aromatic heterocycles. The Kier molecular flexibility index (Phi) is 4.65. The Balaban J connectivity index is 1.49. The van der Waals surface area contributed by atoms with Crippen LogP contribution in [0.25, 0.3) is 16.9 Å². The standard InChI is InChI=1S/C20H20N6O/c1-15(26-11-5-10-24-26)12-19(27)22-13-16-6-4-9-21-20(16)25-14-23-17-7-2-3-8-18(17)25/h2-11,14-15H,12-13H2,1H3,(H,22,27)/t15-/m0/s1. The van der Waals surface area contributed by atoms with Gasteiger partial charge in [-0.05, 0) is 31.2 Å². The van der Waals surface area contributed by atoms with Crippen LogP contribution in [0, 0.1) is 0 Å². The molecule has 7 heteroatoms. The number of hydrogen-bond acceptors (Lipinski definition) is 4. The number of carbonyl (C=O) groups is 1. The zero-order chi connectivity index (χ0) is 18.6. The van der Waals surface area contributed by atoms with E-state index < -0.39 is 0 Å². The lowest BCUT2D eigenvalue weighted by molar-refractivity contribution is -0.122. The van der Waals surface area contributed by atoms with Crippen molar-refractivity contribution in [1.29, 1.82) is 0 Å². The highest BCUT2D eigenvalue weighted by atomic mass is 16.1. The van der Waals surface area contributed by atoms with Gasteiger partial charge in [0.15, 0.2) is 0 Å². The molecule has 4 aromatic rings. The zero-order valence-electron chi connectivity index (χ0n) is 15.0. The fraction of sp³-hybridized carbons (Fsp3) is 0.200. The van der Waals surface area contributed by atoms with Crippen molar-refractivity contribution in [1.82, 2.24) is 29.6 Å². The van der Waals surface area contributed by atoms with Crippen molar-refractivity contribution in [3.05, 3.63) is 72.9 Å². The number of hydrogen-bond donors (Lipinski definition) is 1. The number of nitrogens with zero attached hydrogens (tertiary/aromatic N) is 5. The number of carbonyl (C=O) groups excluding carboxylic acids is 1. The molecular weight excluding hydrogens is 340 g/mol. The fourth-order valence-electron chi connectivity index (χ4n) is 3.08. The third-order valence-corrected chi connectivity index (χ3v) is 4.48. The van der Waals surface area contributed by atoms with Crippen LogP contribution in [-0.4, -0.2) is 30.2 Å². The van der Waals surface area contributed by atoms with Crippen molar-refractivity contribution in [2.75, 3.05) is 0 Å². The Morgan fingerprint density at radius 1 is 1.11 bits per heavy atom. The van der Waals surface area contributed by atoms with Gasteiger partial charge in [0.2, 0.25) is 5.91 Å². The first-order chi connectivity index (χ1) is 13.2. The van der Waals surface area contributed by atoms with E-state index in [2.05, 4.69) is 20.4 Å². The maximum atomic E-state index is 12.3. The van der Waals surface area contributed by atoms with Gasteiger partial charge >= 0.3 is 0 Å². The lowest BCUT2D eigenvalue weighted by atomic mass is 10.2. The molecule has 1 N–H and O–H groups in total. The van der Waals surface area contributed by atoms with Crippen LogP contribution in [0.2, 0.25) is 0 Å². The second kappa shape index (κ2) is 7.41. The minimum atomic E-state index is -0.0247. The lowest BCUT2D eigenvalue weighted by Crippen LogP contribution is -2.26. The fourth-order valence-corrected chi connectivity index (χ4v) is 3.08. The molecule has 0 radical (unpaired) electrons. The summed E-state index contributed by atoms with van der Waals surface area (Å²) in [5.74, 6) is 0.745. The first-order valence-electron chi connectivity index (χ1n) is 8.84. The monoisotopic (exact) mass is 360 g/mol. The molecule has 0 bridgehead atoms. The second-order valence-electron chi connectivity index (χ2n) is 6.41. The average Bonchev–Trinajstić information content (AvgIpc) is 3.36. The Morgan fingerprint density at radius 3 is 2.85 bits per heavy atom. The highest BCUT2D eigenvalue weighted by Crippen LogP contribution is 2.19. The molecule has 7 nitrogen and oxygen atoms in total. The summed E-state index contributed by atoms with van der Waals surface area (Å²) in [5.41, 5.74) is 2.82. The molecule has 0 spiro atoms. The molecule has 1 amide bonds. The number of fused-ring (bicyclic) bond motifs is 1. The third kappa shape index (κ3) is 3.57. The maximum absolute atomic E-state index is 12.3. The van der Waals surface area contributed by atoms with Gasteiger partial charge in [-0.3, -0.25) is 14.0 Å². The number of imidazole rings is 1. The molecule has 0 aliphatic carbocycles. The van der Waals surface area contributed by atoms with E-state index in [1.807, 2.05) is 60.2 Å². The van der Waals surface area contributed by atoms with E-state index in [1.165, 1.54) is 0 Å². The van der Waals surface area contributed by atoms with Gasteiger partial charge in [0, 0.05) is 37.1 Å². The lowest BCUT2D eigenvalue weighted by Gasteiger charge is -2.14. The molecule has 0 aliphatic heterocycles. The molecular formula is C20H20N6O. The zero-order valence-corrected chi connectivity index (χ0v) is 15.0. The van der Waals surface area contributed by atoms with Gasteiger partial charge in [-0.1, -0.05) is 18.2 Å². The van der Waals surface area contributed by atoms with Gasteiger partial charge in [-0.2, -0.15) is 5.10 Å². The van der Waals surface area contributed by atoms with Gasteiger partial charge in [-0.25, -0.2) is 9.97 Å². The summed E-state index contributed by atoms with van der Waals surface area (Å²) in [6.07, 6.45) is 7.45. The van der Waals surface area contributed by atoms with Crippen LogP contribution in [0.4, 0.5) is 0 Å². The Morgan fingerprint density at radius 2 is 2.00 bits per heavy atom. The van der Waals surface area contributed by atoms with Crippen molar-refractivity contribution in [2.45, 2.75) is 25.9 Å². The molecule has 4 rings (SSSR count). The third-order valence-electron chi connectivity index (χ3n) is 4.48. The van der Waals surface area contributed by atoms with Crippen LogP contribution in [0.3, 0.4) is 0 Å². The smallest absolute Gasteiger partial charge is 0.222 e. The molecule has 3 heterocycles. The first kappa shape index (κ1) is 17.0. The molecule has 27 heavy (non-hydrogen) atoms. The topological polar surface area (TPSA) is 77.6 Å². The summed E-state index contributed by atoms with van der Waals surface area (Å²) in [5, 5.41) is 7.17. The van der Waals surface area contributed by atoms with Crippen LogP contribution in [-0.2, 0) is 11.3 Å². The summed E-state index contributed by atoms with van der Waals surface area (Å²) >= 11 is 0. The Hall–Kier alpha value is -3.48. The van der Waals surface area contributed by atoms with Gasteiger partial charge in [0.05, 0.1) is 17.1 Å². The summed E-state index contributed by atoms with van der Waals surface area (Å²) in [7, 11) is 0. The van der Waals surface area contributed by atoms with Crippen molar-refractivity contribution < 1.29 is 4.79 Å². The molecule has 0 saturated carbocycles. The summed E-state index contributed by atoms with van der Waals surface area (Å²) < 4.78 is 3.73. The SMILES string of the molecule is C[C@@H](CC(=O)NCc1cccnc1-n1cnc2ccccc21)n1cccn1. The number of benzene rings is 1. The van der Waals surface area contributed by atoms with Gasteiger partial charge < -0.3 is 5.32 Å². The highest BCUT2D eigenvalue weighted by Gasteiger charge is 2.13. The van der Waals surface area contributed by atoms with Crippen LogP contribution >= 0.6 is 0 Å². The molecule has 0 saturated heterocycles. The quantitative estimate of drug-likeness (QED) is 0.573. The van der Waals surface area contributed by atoms with E-state index in [1.54, 1.807) is 23.4 Å². The van der Waals surface area contributed by atoms with Crippen molar-refractivity contribution in [2.24, 2.45) is 0 Å². The van der Waals surface area contributed by atoms with Crippen molar-refractivity contribution in [3.63, 3.8) is 0 Å². The maximum Gasteiger partial charge on any atom is 0.222 e. The molecule has 1 aromatic carbocycles. The van der Waals surface area contributed by atoms with E-state index in [0.29, 0.717) is 13.0 Å². The normalized spacial score (nSPS) is 12.2. The van der Waals surface area contributed by atoms with E-state index in [9.17, 15) is 4.79 Å². The largest absolute Gasteiger partial charge is 0.352 e. The minimum Gasteiger partial charge on any atom is -0.352 e. The van der Waals surface area contributed by atoms with E-state index in [4.69, 9.17) is 0 Å². The number of amides is 1. The van der Waals surface area contributed by atoms with Crippen LogP contribution < -0.4 is 5.32 Å². The second-order valence-corrected chi connectivity index (χ2v) is 6.41. The number of nitrogens with one attached hydrogen (secondary N) is 1. The van der Waals surface area contributed by atoms with Crippen LogP contribution in [0.1, 0.15) is 24.9 Å².